The van der Waals surface area contributed by atoms with Crippen molar-refractivity contribution in [1.82, 2.24) is 4.90 Å². The molecule has 0 saturated heterocycles. The highest BCUT2D eigenvalue weighted by atomic mass is 127. The molecule has 0 aromatic heterocycles. The highest BCUT2D eigenvalue weighted by Gasteiger charge is 2.32. The van der Waals surface area contributed by atoms with Gasteiger partial charge < -0.3 is 10.6 Å². The van der Waals surface area contributed by atoms with E-state index in [4.69, 9.17) is 17.3 Å². The molecule has 0 spiro atoms. The summed E-state index contributed by atoms with van der Waals surface area (Å²) in [6.07, 6.45) is 3.31. The molecule has 2 N–H and O–H groups in total. The second-order valence-electron chi connectivity index (χ2n) is 5.03. The van der Waals surface area contributed by atoms with Crippen LogP contribution >= 0.6 is 34.2 Å². The van der Waals surface area contributed by atoms with Crippen LogP contribution in [-0.2, 0) is 0 Å². The molecule has 1 aliphatic rings. The zero-order chi connectivity index (χ0) is 14.0. The average molecular weight is 393 g/mol. The first-order valence-corrected chi connectivity index (χ1v) is 7.92. The van der Waals surface area contributed by atoms with E-state index in [-0.39, 0.29) is 11.9 Å². The van der Waals surface area contributed by atoms with Crippen molar-refractivity contribution in [1.29, 1.82) is 0 Å². The zero-order valence-corrected chi connectivity index (χ0v) is 13.8. The Morgan fingerprint density at radius 1 is 1.53 bits per heavy atom. The minimum atomic E-state index is 0.0391. The summed E-state index contributed by atoms with van der Waals surface area (Å²) < 4.78 is 0.932. The molecule has 5 heteroatoms. The number of halogens is 2. The normalized spacial score (nSPS) is 22.5. The molecule has 1 amide bonds. The van der Waals surface area contributed by atoms with E-state index < -0.39 is 0 Å². The van der Waals surface area contributed by atoms with Gasteiger partial charge in [-0.2, -0.15) is 0 Å². The molecule has 0 aliphatic heterocycles. The van der Waals surface area contributed by atoms with Crippen LogP contribution in [-0.4, -0.2) is 30.4 Å². The standard InChI is InChI=1S/C14H18ClIN2O/c1-18(13-4-2-3-9(13)8-17)14(19)11-7-10(15)5-6-12(11)16/h5-7,9,13H,2-4,8,17H2,1H3. The molecule has 1 fully saturated rings. The molecule has 0 radical (unpaired) electrons. The maximum atomic E-state index is 12.6. The molecule has 104 valence electrons. The Balaban J connectivity index is 2.21. The topological polar surface area (TPSA) is 46.3 Å². The highest BCUT2D eigenvalue weighted by Crippen LogP contribution is 2.30. The van der Waals surface area contributed by atoms with Crippen molar-refractivity contribution in [3.63, 3.8) is 0 Å². The Hall–Kier alpha value is -0.330. The van der Waals surface area contributed by atoms with E-state index in [0.717, 1.165) is 22.8 Å². The first-order valence-electron chi connectivity index (χ1n) is 6.47. The van der Waals surface area contributed by atoms with Crippen LogP contribution in [0.1, 0.15) is 29.6 Å². The van der Waals surface area contributed by atoms with Crippen molar-refractivity contribution in [3.05, 3.63) is 32.4 Å². The van der Waals surface area contributed by atoms with Gasteiger partial charge in [-0.05, 0) is 66.1 Å². The van der Waals surface area contributed by atoms with Gasteiger partial charge >= 0.3 is 0 Å². The number of amides is 1. The number of carbonyl (C=O) groups is 1. The van der Waals surface area contributed by atoms with Crippen LogP contribution in [0.2, 0.25) is 5.02 Å². The highest BCUT2D eigenvalue weighted by molar-refractivity contribution is 14.1. The van der Waals surface area contributed by atoms with Gasteiger partial charge in [-0.15, -0.1) is 0 Å². The van der Waals surface area contributed by atoms with Crippen molar-refractivity contribution in [2.45, 2.75) is 25.3 Å². The zero-order valence-electron chi connectivity index (χ0n) is 10.9. The van der Waals surface area contributed by atoms with Crippen molar-refractivity contribution >= 4 is 40.1 Å². The lowest BCUT2D eigenvalue weighted by Crippen LogP contribution is -2.41. The third-order valence-corrected chi connectivity index (χ3v) is 5.07. The van der Waals surface area contributed by atoms with Crippen LogP contribution in [0.15, 0.2) is 18.2 Å². The summed E-state index contributed by atoms with van der Waals surface area (Å²) in [5.74, 6) is 0.461. The van der Waals surface area contributed by atoms with Gasteiger partial charge in [0, 0.05) is 21.7 Å². The number of hydrogen-bond acceptors (Lipinski definition) is 2. The molecule has 1 aromatic carbocycles. The fourth-order valence-corrected chi connectivity index (χ4v) is 3.54. The lowest BCUT2D eigenvalue weighted by atomic mass is 10.0. The molecule has 1 aliphatic carbocycles. The van der Waals surface area contributed by atoms with E-state index in [9.17, 15) is 4.79 Å². The summed E-state index contributed by atoms with van der Waals surface area (Å²) in [7, 11) is 1.87. The van der Waals surface area contributed by atoms with Crippen molar-refractivity contribution in [2.24, 2.45) is 11.7 Å². The van der Waals surface area contributed by atoms with Crippen LogP contribution in [0.25, 0.3) is 0 Å². The second-order valence-corrected chi connectivity index (χ2v) is 6.63. The van der Waals surface area contributed by atoms with Gasteiger partial charge in [0.05, 0.1) is 5.56 Å². The number of rotatable bonds is 3. The Bertz CT molecular complexity index is 481. The molecule has 1 saturated carbocycles. The summed E-state index contributed by atoms with van der Waals surface area (Å²) in [5, 5.41) is 0.596. The number of benzene rings is 1. The predicted molar refractivity (Wildman–Crippen MR) is 86.4 cm³/mol. The van der Waals surface area contributed by atoms with Gasteiger partial charge in [0.25, 0.3) is 5.91 Å². The van der Waals surface area contributed by atoms with E-state index in [1.165, 1.54) is 0 Å². The Morgan fingerprint density at radius 2 is 2.26 bits per heavy atom. The monoisotopic (exact) mass is 392 g/mol. The quantitative estimate of drug-likeness (QED) is 0.803. The first-order chi connectivity index (χ1) is 9.04. The third kappa shape index (κ3) is 3.23. The summed E-state index contributed by atoms with van der Waals surface area (Å²) in [5.41, 5.74) is 6.47. The number of nitrogens with zero attached hydrogens (tertiary/aromatic N) is 1. The first kappa shape index (κ1) is 15.1. The summed E-state index contributed by atoms with van der Waals surface area (Å²) in [6.45, 7) is 0.648. The van der Waals surface area contributed by atoms with E-state index in [1.54, 1.807) is 12.1 Å². The van der Waals surface area contributed by atoms with E-state index in [0.29, 0.717) is 23.0 Å². The van der Waals surface area contributed by atoms with E-state index in [2.05, 4.69) is 22.6 Å². The van der Waals surface area contributed by atoms with Crippen LogP contribution in [0.5, 0.6) is 0 Å². The van der Waals surface area contributed by atoms with Crippen molar-refractivity contribution < 1.29 is 4.79 Å². The summed E-state index contributed by atoms with van der Waals surface area (Å²) >= 11 is 8.16. The average Bonchev–Trinajstić information content (AvgIpc) is 2.88. The minimum absolute atomic E-state index is 0.0391. The fraction of sp³-hybridized carbons (Fsp3) is 0.500. The van der Waals surface area contributed by atoms with Crippen LogP contribution in [0.3, 0.4) is 0 Å². The van der Waals surface area contributed by atoms with Gasteiger partial charge in [0.2, 0.25) is 0 Å². The number of hydrogen-bond donors (Lipinski definition) is 1. The largest absolute Gasteiger partial charge is 0.338 e. The lowest BCUT2D eigenvalue weighted by molar-refractivity contribution is 0.0699. The molecular formula is C14H18ClIN2O. The van der Waals surface area contributed by atoms with E-state index >= 15 is 0 Å². The molecular weight excluding hydrogens is 375 g/mol. The van der Waals surface area contributed by atoms with Crippen LogP contribution in [0, 0.1) is 9.49 Å². The molecule has 2 atom stereocenters. The van der Waals surface area contributed by atoms with Crippen molar-refractivity contribution in [2.75, 3.05) is 13.6 Å². The van der Waals surface area contributed by atoms with Gasteiger partial charge in [0.15, 0.2) is 0 Å². The van der Waals surface area contributed by atoms with Gasteiger partial charge in [-0.3, -0.25) is 4.79 Å². The molecule has 0 heterocycles. The molecule has 19 heavy (non-hydrogen) atoms. The Morgan fingerprint density at radius 3 is 2.95 bits per heavy atom. The maximum absolute atomic E-state index is 12.6. The lowest BCUT2D eigenvalue weighted by Gasteiger charge is -2.29. The number of nitrogens with two attached hydrogens (primary N) is 1. The van der Waals surface area contributed by atoms with Crippen LogP contribution in [0.4, 0.5) is 0 Å². The third-order valence-electron chi connectivity index (χ3n) is 3.90. The molecule has 1 aromatic rings. The van der Waals surface area contributed by atoms with Gasteiger partial charge in [0.1, 0.15) is 0 Å². The Labute approximate surface area is 132 Å². The minimum Gasteiger partial charge on any atom is -0.338 e. The van der Waals surface area contributed by atoms with Crippen LogP contribution < -0.4 is 5.73 Å². The predicted octanol–water partition coefficient (Wildman–Crippen LogP) is 3.14. The molecule has 2 rings (SSSR count). The van der Waals surface area contributed by atoms with Gasteiger partial charge in [-0.1, -0.05) is 18.0 Å². The molecule has 2 unspecified atom stereocenters. The van der Waals surface area contributed by atoms with Crippen molar-refractivity contribution in [3.8, 4) is 0 Å². The number of carbonyl (C=O) groups excluding carboxylic acids is 1. The van der Waals surface area contributed by atoms with E-state index in [1.807, 2.05) is 18.0 Å². The summed E-state index contributed by atoms with van der Waals surface area (Å²) in [6, 6.07) is 5.68. The van der Waals surface area contributed by atoms with Gasteiger partial charge in [-0.25, -0.2) is 0 Å². The maximum Gasteiger partial charge on any atom is 0.254 e. The second kappa shape index (κ2) is 6.41. The fourth-order valence-electron chi connectivity index (χ4n) is 2.80. The SMILES string of the molecule is CN(C(=O)c1cc(Cl)ccc1I)C1CCCC1CN. The summed E-state index contributed by atoms with van der Waals surface area (Å²) in [4.78, 5) is 14.4. The molecule has 0 bridgehead atoms. The smallest absolute Gasteiger partial charge is 0.254 e. The Kier molecular flexibility index (Phi) is 5.09. The molecule has 3 nitrogen and oxygen atoms in total.